The average Bonchev–Trinajstić information content (AvgIpc) is 2.98. The molecule has 1 heterocycles. The van der Waals surface area contributed by atoms with Crippen LogP contribution in [0.5, 0.6) is 0 Å². The van der Waals surface area contributed by atoms with E-state index in [9.17, 15) is 9.90 Å². The highest BCUT2D eigenvalue weighted by molar-refractivity contribution is 5.92. The molecule has 1 amide bonds. The highest BCUT2D eigenvalue weighted by atomic mass is 16.5. The molecular formula is C15H25N3O3. The second-order valence-electron chi connectivity index (χ2n) is 5.70. The van der Waals surface area contributed by atoms with Crippen LogP contribution in [0.3, 0.4) is 0 Å². The molecule has 1 atom stereocenters. The predicted octanol–water partition coefficient (Wildman–Crippen LogP) is 1.58. The van der Waals surface area contributed by atoms with Gasteiger partial charge in [-0.2, -0.15) is 5.10 Å². The molecule has 6 heteroatoms. The summed E-state index contributed by atoms with van der Waals surface area (Å²) >= 11 is 0. The Morgan fingerprint density at radius 2 is 2.29 bits per heavy atom. The Kier molecular flexibility index (Phi) is 6.20. The summed E-state index contributed by atoms with van der Waals surface area (Å²) in [6, 6.07) is 1.86. The number of hydrogen-bond donors (Lipinski definition) is 3. The van der Waals surface area contributed by atoms with Crippen LogP contribution < -0.4 is 5.32 Å². The third-order valence-corrected chi connectivity index (χ3v) is 4.00. The van der Waals surface area contributed by atoms with Crippen molar-refractivity contribution in [2.24, 2.45) is 0 Å². The van der Waals surface area contributed by atoms with Crippen molar-refractivity contribution >= 4 is 5.91 Å². The van der Waals surface area contributed by atoms with Crippen LogP contribution in [0.1, 0.15) is 60.6 Å². The number of methoxy groups -OCH3 is 1. The van der Waals surface area contributed by atoms with Gasteiger partial charge < -0.3 is 15.2 Å². The summed E-state index contributed by atoms with van der Waals surface area (Å²) in [6.07, 6.45) is 6.08. The van der Waals surface area contributed by atoms with Gasteiger partial charge in [-0.15, -0.1) is 0 Å². The Labute approximate surface area is 125 Å². The van der Waals surface area contributed by atoms with Crippen LogP contribution in [0.25, 0.3) is 0 Å². The highest BCUT2D eigenvalue weighted by Crippen LogP contribution is 2.31. The molecule has 6 nitrogen and oxygen atoms in total. The SMILES string of the molecule is COCC(O)CCNC(=O)c1cc(C2CCCCC2)[nH]n1. The van der Waals surface area contributed by atoms with Crippen LogP contribution in [-0.2, 0) is 4.74 Å². The van der Waals surface area contributed by atoms with Gasteiger partial charge in [0.05, 0.1) is 12.7 Å². The zero-order valence-electron chi connectivity index (χ0n) is 12.6. The number of rotatable bonds is 7. The van der Waals surface area contributed by atoms with E-state index in [1.807, 2.05) is 6.07 Å². The van der Waals surface area contributed by atoms with Gasteiger partial charge in [-0.1, -0.05) is 19.3 Å². The van der Waals surface area contributed by atoms with E-state index in [4.69, 9.17) is 4.74 Å². The molecule has 1 aromatic heterocycles. The molecule has 1 aliphatic carbocycles. The van der Waals surface area contributed by atoms with Crippen molar-refractivity contribution in [3.63, 3.8) is 0 Å². The van der Waals surface area contributed by atoms with E-state index < -0.39 is 6.10 Å². The molecule has 1 aliphatic rings. The van der Waals surface area contributed by atoms with Crippen LogP contribution in [0.15, 0.2) is 6.07 Å². The quantitative estimate of drug-likeness (QED) is 0.713. The lowest BCUT2D eigenvalue weighted by Crippen LogP contribution is -2.28. The lowest BCUT2D eigenvalue weighted by atomic mass is 9.87. The summed E-state index contributed by atoms with van der Waals surface area (Å²) in [5.41, 5.74) is 1.50. The molecule has 0 radical (unpaired) electrons. The van der Waals surface area contributed by atoms with E-state index in [1.165, 1.54) is 39.2 Å². The summed E-state index contributed by atoms with van der Waals surface area (Å²) < 4.78 is 4.84. The van der Waals surface area contributed by atoms with Gasteiger partial charge in [0.2, 0.25) is 0 Å². The van der Waals surface area contributed by atoms with Gasteiger partial charge >= 0.3 is 0 Å². The fraction of sp³-hybridized carbons (Fsp3) is 0.733. The molecule has 1 fully saturated rings. The molecule has 0 spiro atoms. The minimum absolute atomic E-state index is 0.196. The maximum Gasteiger partial charge on any atom is 0.271 e. The highest BCUT2D eigenvalue weighted by Gasteiger charge is 2.19. The van der Waals surface area contributed by atoms with Crippen LogP contribution in [0.4, 0.5) is 0 Å². The van der Waals surface area contributed by atoms with Crippen molar-refractivity contribution in [1.82, 2.24) is 15.5 Å². The fourth-order valence-electron chi connectivity index (χ4n) is 2.79. The Morgan fingerprint density at radius 3 is 3.00 bits per heavy atom. The van der Waals surface area contributed by atoms with Crippen LogP contribution in [0.2, 0.25) is 0 Å². The number of H-pyrrole nitrogens is 1. The molecule has 1 unspecified atom stereocenters. The van der Waals surface area contributed by atoms with Crippen molar-refractivity contribution in [2.75, 3.05) is 20.3 Å². The van der Waals surface area contributed by atoms with Gasteiger partial charge in [-0.05, 0) is 25.3 Å². The summed E-state index contributed by atoms with van der Waals surface area (Å²) in [5, 5.41) is 19.4. The van der Waals surface area contributed by atoms with Crippen LogP contribution >= 0.6 is 0 Å². The van der Waals surface area contributed by atoms with Crippen LogP contribution in [0, 0.1) is 0 Å². The third-order valence-electron chi connectivity index (χ3n) is 4.00. The van der Waals surface area contributed by atoms with E-state index in [0.717, 1.165) is 5.69 Å². The fourth-order valence-corrected chi connectivity index (χ4v) is 2.79. The first-order chi connectivity index (χ1) is 10.2. The van der Waals surface area contributed by atoms with Gasteiger partial charge in [0.15, 0.2) is 0 Å². The number of hydrogen-bond acceptors (Lipinski definition) is 4. The van der Waals surface area contributed by atoms with Crippen molar-refractivity contribution in [3.8, 4) is 0 Å². The van der Waals surface area contributed by atoms with E-state index in [2.05, 4.69) is 15.5 Å². The maximum absolute atomic E-state index is 12.0. The summed E-state index contributed by atoms with van der Waals surface area (Å²) in [7, 11) is 1.54. The van der Waals surface area contributed by atoms with Crippen molar-refractivity contribution in [3.05, 3.63) is 17.5 Å². The maximum atomic E-state index is 12.0. The van der Waals surface area contributed by atoms with Gasteiger partial charge in [0.1, 0.15) is 5.69 Å². The molecule has 21 heavy (non-hydrogen) atoms. The van der Waals surface area contributed by atoms with Crippen molar-refractivity contribution < 1.29 is 14.6 Å². The number of amides is 1. The number of ether oxygens (including phenoxy) is 1. The average molecular weight is 295 g/mol. The molecule has 118 valence electrons. The molecular weight excluding hydrogens is 270 g/mol. The number of carbonyl (C=O) groups excluding carboxylic acids is 1. The number of carbonyl (C=O) groups is 1. The van der Waals surface area contributed by atoms with Gasteiger partial charge in [-0.3, -0.25) is 9.89 Å². The molecule has 0 aromatic carbocycles. The minimum atomic E-state index is -0.549. The second-order valence-corrected chi connectivity index (χ2v) is 5.70. The van der Waals surface area contributed by atoms with E-state index in [1.54, 1.807) is 0 Å². The molecule has 1 saturated carbocycles. The number of aliphatic hydroxyl groups is 1. The molecule has 0 saturated heterocycles. The standard InChI is InChI=1S/C15H25N3O3/c1-21-10-12(19)7-8-16-15(20)14-9-13(17-18-14)11-5-3-2-4-6-11/h9,11-12,19H,2-8,10H2,1H3,(H,16,20)(H,17,18). The molecule has 2 rings (SSSR count). The molecule has 0 bridgehead atoms. The number of aliphatic hydroxyl groups excluding tert-OH is 1. The van der Waals surface area contributed by atoms with Gasteiger partial charge in [0, 0.05) is 25.3 Å². The first-order valence-corrected chi connectivity index (χ1v) is 7.71. The predicted molar refractivity (Wildman–Crippen MR) is 79.2 cm³/mol. The Bertz CT molecular complexity index is 441. The largest absolute Gasteiger partial charge is 0.391 e. The lowest BCUT2D eigenvalue weighted by molar-refractivity contribution is 0.0587. The molecule has 0 aliphatic heterocycles. The first kappa shape index (κ1) is 16.0. The Balaban J connectivity index is 1.78. The van der Waals surface area contributed by atoms with Crippen LogP contribution in [-0.4, -0.2) is 47.6 Å². The first-order valence-electron chi connectivity index (χ1n) is 7.71. The van der Waals surface area contributed by atoms with E-state index >= 15 is 0 Å². The third kappa shape index (κ3) is 4.82. The number of aromatic amines is 1. The number of nitrogens with zero attached hydrogens (tertiary/aromatic N) is 1. The second kappa shape index (κ2) is 8.14. The normalized spacial score (nSPS) is 17.6. The smallest absolute Gasteiger partial charge is 0.271 e. The lowest BCUT2D eigenvalue weighted by Gasteiger charge is -2.19. The Morgan fingerprint density at radius 1 is 1.52 bits per heavy atom. The number of aromatic nitrogens is 2. The zero-order chi connectivity index (χ0) is 15.1. The Hall–Kier alpha value is -1.40. The van der Waals surface area contributed by atoms with E-state index in [0.29, 0.717) is 24.6 Å². The van der Waals surface area contributed by atoms with Gasteiger partial charge in [-0.25, -0.2) is 0 Å². The summed E-state index contributed by atoms with van der Waals surface area (Å²) in [6.45, 7) is 0.694. The van der Waals surface area contributed by atoms with Crippen molar-refractivity contribution in [2.45, 2.75) is 50.5 Å². The van der Waals surface area contributed by atoms with Crippen molar-refractivity contribution in [1.29, 1.82) is 0 Å². The zero-order valence-corrected chi connectivity index (χ0v) is 12.6. The number of nitrogens with one attached hydrogen (secondary N) is 2. The van der Waals surface area contributed by atoms with Gasteiger partial charge in [0.25, 0.3) is 5.91 Å². The molecule has 3 N–H and O–H groups in total. The molecule has 1 aromatic rings. The van der Waals surface area contributed by atoms with E-state index in [-0.39, 0.29) is 12.5 Å². The monoisotopic (exact) mass is 295 g/mol. The summed E-state index contributed by atoms with van der Waals surface area (Å²) in [4.78, 5) is 12.0. The summed E-state index contributed by atoms with van der Waals surface area (Å²) in [5.74, 6) is 0.314. The topological polar surface area (TPSA) is 87.2 Å². The minimum Gasteiger partial charge on any atom is -0.391 e.